The largest absolute Gasteiger partial charge is 0.395 e. The highest BCUT2D eigenvalue weighted by atomic mass is 16.3. The van der Waals surface area contributed by atoms with Crippen LogP contribution in [0.2, 0.25) is 0 Å². The second-order valence-corrected chi connectivity index (χ2v) is 4.28. The molecule has 0 spiro atoms. The fourth-order valence-corrected chi connectivity index (χ4v) is 2.05. The van der Waals surface area contributed by atoms with Crippen LogP contribution in [0.5, 0.6) is 0 Å². The number of hydrogen-bond donors (Lipinski definition) is 2. The van der Waals surface area contributed by atoms with Gasteiger partial charge in [0.1, 0.15) is 0 Å². The van der Waals surface area contributed by atoms with E-state index < -0.39 is 0 Å². The molecule has 2 fully saturated rings. The minimum Gasteiger partial charge on any atom is -0.395 e. The Kier molecular flexibility index (Phi) is 3.19. The molecule has 0 amide bonds. The Labute approximate surface area is 80.1 Å². The first-order valence-electron chi connectivity index (χ1n) is 5.48. The number of nitrogens with zero attached hydrogens (tertiary/aromatic N) is 1. The molecular formula is C10H20N2O. The molecule has 3 heteroatoms. The third-order valence-electron chi connectivity index (χ3n) is 3.05. The van der Waals surface area contributed by atoms with Crippen molar-refractivity contribution in [1.82, 2.24) is 10.2 Å². The summed E-state index contributed by atoms with van der Waals surface area (Å²) in [5, 5.41) is 12.4. The van der Waals surface area contributed by atoms with Gasteiger partial charge in [-0.05, 0) is 38.8 Å². The average Bonchev–Trinajstić information content (AvgIpc) is 2.93. The summed E-state index contributed by atoms with van der Waals surface area (Å²) < 4.78 is 0. The number of aliphatic hydroxyl groups excluding tert-OH is 1. The normalized spacial score (nSPS) is 26.5. The fraction of sp³-hybridized carbons (Fsp3) is 1.00. The maximum atomic E-state index is 8.78. The minimum atomic E-state index is 0.306. The standard InChI is InChI=1S/C10H20N2O/c13-8-7-12-5-3-10(4-6-12)11-9-1-2-9/h9-11,13H,1-8H2. The van der Waals surface area contributed by atoms with Gasteiger partial charge in [-0.1, -0.05) is 0 Å². The van der Waals surface area contributed by atoms with Crippen molar-refractivity contribution in [3.05, 3.63) is 0 Å². The van der Waals surface area contributed by atoms with Crippen LogP contribution < -0.4 is 5.32 Å². The van der Waals surface area contributed by atoms with Crippen LogP contribution in [-0.4, -0.2) is 48.3 Å². The van der Waals surface area contributed by atoms with Crippen molar-refractivity contribution in [2.45, 2.75) is 37.8 Å². The van der Waals surface area contributed by atoms with Crippen LogP contribution in [0, 0.1) is 0 Å². The first kappa shape index (κ1) is 9.44. The molecule has 0 radical (unpaired) electrons. The predicted molar refractivity (Wildman–Crippen MR) is 52.7 cm³/mol. The monoisotopic (exact) mass is 184 g/mol. The molecule has 0 unspecified atom stereocenters. The Balaban J connectivity index is 1.63. The van der Waals surface area contributed by atoms with Gasteiger partial charge in [0.2, 0.25) is 0 Å². The topological polar surface area (TPSA) is 35.5 Å². The van der Waals surface area contributed by atoms with E-state index in [9.17, 15) is 0 Å². The molecule has 0 aromatic rings. The van der Waals surface area contributed by atoms with E-state index in [1.54, 1.807) is 0 Å². The van der Waals surface area contributed by atoms with Crippen molar-refractivity contribution in [1.29, 1.82) is 0 Å². The molecule has 0 aromatic carbocycles. The van der Waals surface area contributed by atoms with Crippen molar-refractivity contribution in [2.75, 3.05) is 26.2 Å². The lowest BCUT2D eigenvalue weighted by Crippen LogP contribution is -2.43. The summed E-state index contributed by atoms with van der Waals surface area (Å²) in [4.78, 5) is 2.35. The highest BCUT2D eigenvalue weighted by Crippen LogP contribution is 2.22. The Morgan fingerprint density at radius 3 is 2.23 bits per heavy atom. The molecule has 2 rings (SSSR count). The number of piperidine rings is 1. The highest BCUT2D eigenvalue weighted by Gasteiger charge is 2.26. The average molecular weight is 184 g/mol. The van der Waals surface area contributed by atoms with E-state index in [0.717, 1.165) is 31.7 Å². The van der Waals surface area contributed by atoms with Gasteiger partial charge in [-0.15, -0.1) is 0 Å². The third kappa shape index (κ3) is 2.93. The molecule has 76 valence electrons. The first-order valence-corrected chi connectivity index (χ1v) is 5.48. The zero-order valence-electron chi connectivity index (χ0n) is 8.21. The van der Waals surface area contributed by atoms with Gasteiger partial charge in [0, 0.05) is 18.6 Å². The number of aliphatic hydroxyl groups is 1. The van der Waals surface area contributed by atoms with Crippen LogP contribution in [0.4, 0.5) is 0 Å². The Morgan fingerprint density at radius 2 is 1.69 bits per heavy atom. The molecule has 0 aromatic heterocycles. The van der Waals surface area contributed by atoms with Gasteiger partial charge in [0.25, 0.3) is 0 Å². The quantitative estimate of drug-likeness (QED) is 0.655. The Morgan fingerprint density at radius 1 is 1.08 bits per heavy atom. The van der Waals surface area contributed by atoms with E-state index in [2.05, 4.69) is 10.2 Å². The molecule has 2 aliphatic rings. The molecule has 1 heterocycles. The van der Waals surface area contributed by atoms with Crippen LogP contribution in [0.25, 0.3) is 0 Å². The van der Waals surface area contributed by atoms with Gasteiger partial charge in [-0.3, -0.25) is 0 Å². The number of hydrogen-bond acceptors (Lipinski definition) is 3. The first-order chi connectivity index (χ1) is 6.38. The zero-order valence-corrected chi connectivity index (χ0v) is 8.21. The zero-order chi connectivity index (χ0) is 9.10. The van der Waals surface area contributed by atoms with E-state index in [1.165, 1.54) is 25.7 Å². The molecular weight excluding hydrogens is 164 g/mol. The van der Waals surface area contributed by atoms with Gasteiger partial charge < -0.3 is 15.3 Å². The van der Waals surface area contributed by atoms with Crippen LogP contribution >= 0.6 is 0 Å². The van der Waals surface area contributed by atoms with Crippen molar-refractivity contribution in [3.8, 4) is 0 Å². The van der Waals surface area contributed by atoms with E-state index in [0.29, 0.717) is 6.61 Å². The lowest BCUT2D eigenvalue weighted by Gasteiger charge is -2.31. The molecule has 3 nitrogen and oxygen atoms in total. The highest BCUT2D eigenvalue weighted by molar-refractivity contribution is 4.87. The summed E-state index contributed by atoms with van der Waals surface area (Å²) in [5.41, 5.74) is 0. The third-order valence-corrected chi connectivity index (χ3v) is 3.05. The van der Waals surface area contributed by atoms with Crippen molar-refractivity contribution in [3.63, 3.8) is 0 Å². The van der Waals surface area contributed by atoms with E-state index in [1.807, 2.05) is 0 Å². The summed E-state index contributed by atoms with van der Waals surface area (Å²) in [7, 11) is 0. The fourth-order valence-electron chi connectivity index (χ4n) is 2.05. The second-order valence-electron chi connectivity index (χ2n) is 4.28. The Bertz CT molecular complexity index is 151. The molecule has 0 atom stereocenters. The molecule has 1 aliphatic heterocycles. The number of likely N-dealkylation sites (tertiary alicyclic amines) is 1. The van der Waals surface area contributed by atoms with E-state index >= 15 is 0 Å². The predicted octanol–water partition coefficient (Wildman–Crippen LogP) is 0.195. The van der Waals surface area contributed by atoms with Crippen molar-refractivity contribution in [2.24, 2.45) is 0 Å². The van der Waals surface area contributed by atoms with Gasteiger partial charge >= 0.3 is 0 Å². The van der Waals surface area contributed by atoms with Crippen LogP contribution in [0.1, 0.15) is 25.7 Å². The summed E-state index contributed by atoms with van der Waals surface area (Å²) in [6.07, 6.45) is 5.29. The molecule has 1 saturated heterocycles. The number of nitrogens with one attached hydrogen (secondary N) is 1. The number of rotatable bonds is 4. The molecule has 2 N–H and O–H groups in total. The lowest BCUT2D eigenvalue weighted by atomic mass is 10.1. The molecule has 0 bridgehead atoms. The lowest BCUT2D eigenvalue weighted by molar-refractivity contribution is 0.156. The van der Waals surface area contributed by atoms with Crippen LogP contribution in [0.3, 0.4) is 0 Å². The summed E-state index contributed by atoms with van der Waals surface area (Å²) in [6.45, 7) is 3.48. The van der Waals surface area contributed by atoms with Crippen LogP contribution in [-0.2, 0) is 0 Å². The molecule has 1 aliphatic carbocycles. The van der Waals surface area contributed by atoms with Gasteiger partial charge in [-0.2, -0.15) is 0 Å². The summed E-state index contributed by atoms with van der Waals surface area (Å²) in [5.74, 6) is 0. The van der Waals surface area contributed by atoms with E-state index in [-0.39, 0.29) is 0 Å². The van der Waals surface area contributed by atoms with Crippen molar-refractivity contribution >= 4 is 0 Å². The maximum Gasteiger partial charge on any atom is 0.0558 e. The Hall–Kier alpha value is -0.120. The summed E-state index contributed by atoms with van der Waals surface area (Å²) >= 11 is 0. The van der Waals surface area contributed by atoms with E-state index in [4.69, 9.17) is 5.11 Å². The number of β-amino-alcohol motifs (C(OH)–C–C–N with tert-alkyl or cyclic N) is 1. The van der Waals surface area contributed by atoms with Gasteiger partial charge in [0.05, 0.1) is 6.61 Å². The van der Waals surface area contributed by atoms with Crippen molar-refractivity contribution < 1.29 is 5.11 Å². The SMILES string of the molecule is OCCN1CCC(NC2CC2)CC1. The second kappa shape index (κ2) is 4.40. The summed E-state index contributed by atoms with van der Waals surface area (Å²) in [6, 6.07) is 1.59. The van der Waals surface area contributed by atoms with Gasteiger partial charge in [-0.25, -0.2) is 0 Å². The van der Waals surface area contributed by atoms with Crippen LogP contribution in [0.15, 0.2) is 0 Å². The smallest absolute Gasteiger partial charge is 0.0558 e. The van der Waals surface area contributed by atoms with Gasteiger partial charge in [0.15, 0.2) is 0 Å². The molecule has 1 saturated carbocycles. The molecule has 13 heavy (non-hydrogen) atoms. The minimum absolute atomic E-state index is 0.306. The maximum absolute atomic E-state index is 8.78.